The predicted octanol–water partition coefficient (Wildman–Crippen LogP) is 2.17. The molecule has 0 aromatic carbocycles. The normalized spacial score (nSPS) is 11.5. The third-order valence-electron chi connectivity index (χ3n) is 1.34. The van der Waals surface area contributed by atoms with Gasteiger partial charge in [-0.05, 0) is 19.9 Å². The first kappa shape index (κ1) is 8.40. The molecule has 0 aliphatic carbocycles. The molecule has 60 valence electrons. The van der Waals surface area contributed by atoms with E-state index < -0.39 is 4.75 Å². The molecule has 3 heteroatoms. The molecule has 1 aromatic rings. The topological polar surface area (TPSA) is 30.2 Å². The highest BCUT2D eigenvalue weighted by atomic mass is 32.1. The Balaban J connectivity index is 2.88. The summed E-state index contributed by atoms with van der Waals surface area (Å²) in [5, 5.41) is 0. The number of hydrogen-bond donors (Lipinski definition) is 1. The number of thiol groups is 1. The van der Waals surface area contributed by atoms with Crippen LogP contribution in [-0.4, -0.2) is 10.5 Å². The summed E-state index contributed by atoms with van der Waals surface area (Å²) in [6, 6.07) is 1.64. The molecule has 11 heavy (non-hydrogen) atoms. The van der Waals surface area contributed by atoms with Gasteiger partial charge in [-0.2, -0.15) is 12.6 Å². The van der Waals surface area contributed by atoms with Gasteiger partial charge in [0.2, 0.25) is 0 Å². The van der Waals surface area contributed by atoms with E-state index in [1.807, 2.05) is 0 Å². The lowest BCUT2D eigenvalue weighted by molar-refractivity contribution is 0.0958. The maximum atomic E-state index is 11.4. The van der Waals surface area contributed by atoms with E-state index in [2.05, 4.69) is 12.6 Å². The van der Waals surface area contributed by atoms with Crippen molar-refractivity contribution in [2.75, 3.05) is 0 Å². The maximum absolute atomic E-state index is 11.4. The number of Topliss-reactive ketones (excluding diaryl/α,β-unsaturated/α-hetero) is 1. The van der Waals surface area contributed by atoms with Crippen LogP contribution in [-0.2, 0) is 0 Å². The largest absolute Gasteiger partial charge is 0.472 e. The van der Waals surface area contributed by atoms with E-state index in [1.165, 1.54) is 12.5 Å². The van der Waals surface area contributed by atoms with Gasteiger partial charge >= 0.3 is 0 Å². The molecule has 2 nitrogen and oxygen atoms in total. The summed E-state index contributed by atoms with van der Waals surface area (Å²) in [6.45, 7) is 3.51. The van der Waals surface area contributed by atoms with Crippen molar-refractivity contribution in [1.29, 1.82) is 0 Å². The zero-order valence-corrected chi connectivity index (χ0v) is 7.39. The number of furan rings is 1. The molecule has 1 heterocycles. The Bertz CT molecular complexity index is 244. The lowest BCUT2D eigenvalue weighted by Gasteiger charge is -2.13. The highest BCUT2D eigenvalue weighted by molar-refractivity contribution is 7.82. The molecule has 1 rings (SSSR count). The van der Waals surface area contributed by atoms with Crippen molar-refractivity contribution < 1.29 is 9.21 Å². The smallest absolute Gasteiger partial charge is 0.181 e. The SMILES string of the molecule is CC(C)(S)C(=O)c1ccoc1. The molecular weight excluding hydrogens is 160 g/mol. The van der Waals surface area contributed by atoms with Gasteiger partial charge in [0.1, 0.15) is 6.26 Å². The molecule has 0 spiro atoms. The average molecular weight is 170 g/mol. The van der Waals surface area contributed by atoms with Crippen molar-refractivity contribution in [3.8, 4) is 0 Å². The number of carbonyl (C=O) groups excluding carboxylic acids is 1. The third kappa shape index (κ3) is 1.87. The van der Waals surface area contributed by atoms with Crippen molar-refractivity contribution >= 4 is 18.4 Å². The van der Waals surface area contributed by atoms with Gasteiger partial charge in [-0.15, -0.1) is 0 Å². The van der Waals surface area contributed by atoms with Crippen LogP contribution in [0.1, 0.15) is 24.2 Å². The zero-order valence-electron chi connectivity index (χ0n) is 6.50. The minimum Gasteiger partial charge on any atom is -0.472 e. The van der Waals surface area contributed by atoms with E-state index in [0.717, 1.165) is 0 Å². The third-order valence-corrected chi connectivity index (χ3v) is 1.54. The minimum atomic E-state index is -0.621. The van der Waals surface area contributed by atoms with E-state index in [-0.39, 0.29) is 5.78 Å². The highest BCUT2D eigenvalue weighted by Crippen LogP contribution is 2.19. The van der Waals surface area contributed by atoms with Crippen molar-refractivity contribution in [2.45, 2.75) is 18.6 Å². The second-order valence-corrected chi connectivity index (χ2v) is 4.02. The molecule has 0 radical (unpaired) electrons. The Morgan fingerprint density at radius 1 is 1.64 bits per heavy atom. The van der Waals surface area contributed by atoms with Crippen LogP contribution in [0.2, 0.25) is 0 Å². The van der Waals surface area contributed by atoms with Gasteiger partial charge in [-0.1, -0.05) is 0 Å². The average Bonchev–Trinajstić information content (AvgIpc) is 2.34. The Hall–Kier alpha value is -0.700. The molecule has 0 N–H and O–H groups in total. The second-order valence-electron chi connectivity index (χ2n) is 2.90. The summed E-state index contributed by atoms with van der Waals surface area (Å²) in [5.41, 5.74) is 0.574. The molecule has 0 saturated carbocycles. The number of carbonyl (C=O) groups is 1. The summed E-state index contributed by atoms with van der Waals surface area (Å²) >= 11 is 4.14. The zero-order chi connectivity index (χ0) is 8.48. The first-order valence-corrected chi connectivity index (χ1v) is 3.76. The summed E-state index contributed by atoms with van der Waals surface area (Å²) < 4.78 is 4.15. The van der Waals surface area contributed by atoms with Gasteiger partial charge in [0.15, 0.2) is 5.78 Å². The molecule has 1 aromatic heterocycles. The van der Waals surface area contributed by atoms with Gasteiger partial charge in [-0.25, -0.2) is 0 Å². The van der Waals surface area contributed by atoms with Crippen molar-refractivity contribution in [3.63, 3.8) is 0 Å². The van der Waals surface area contributed by atoms with Gasteiger partial charge in [0.05, 0.1) is 16.6 Å². The van der Waals surface area contributed by atoms with Crippen LogP contribution in [0.5, 0.6) is 0 Å². The number of rotatable bonds is 2. The maximum Gasteiger partial charge on any atom is 0.181 e. The van der Waals surface area contributed by atoms with Gasteiger partial charge in [-0.3, -0.25) is 4.79 Å². The quantitative estimate of drug-likeness (QED) is 0.544. The fraction of sp³-hybridized carbons (Fsp3) is 0.375. The highest BCUT2D eigenvalue weighted by Gasteiger charge is 2.24. The lowest BCUT2D eigenvalue weighted by atomic mass is 10.0. The van der Waals surface area contributed by atoms with E-state index in [4.69, 9.17) is 4.42 Å². The standard InChI is InChI=1S/C8H10O2S/c1-8(2,11)7(9)6-3-4-10-5-6/h3-5,11H,1-2H3. The molecule has 0 saturated heterocycles. The van der Waals surface area contributed by atoms with Crippen LogP contribution in [0.25, 0.3) is 0 Å². The fourth-order valence-electron chi connectivity index (χ4n) is 0.747. The van der Waals surface area contributed by atoms with Crippen LogP contribution in [0.3, 0.4) is 0 Å². The van der Waals surface area contributed by atoms with Gasteiger partial charge in [0, 0.05) is 0 Å². The Labute approximate surface area is 71.0 Å². The number of ketones is 1. The van der Waals surface area contributed by atoms with Crippen LogP contribution < -0.4 is 0 Å². The monoisotopic (exact) mass is 170 g/mol. The van der Waals surface area contributed by atoms with E-state index in [1.54, 1.807) is 19.9 Å². The Kier molecular flexibility index (Phi) is 2.09. The Morgan fingerprint density at radius 2 is 2.27 bits per heavy atom. The molecule has 0 amide bonds. The van der Waals surface area contributed by atoms with Crippen LogP contribution in [0.4, 0.5) is 0 Å². The first-order valence-electron chi connectivity index (χ1n) is 3.31. The number of hydrogen-bond acceptors (Lipinski definition) is 3. The van der Waals surface area contributed by atoms with E-state index in [0.29, 0.717) is 5.56 Å². The molecule has 0 fully saturated rings. The summed E-state index contributed by atoms with van der Waals surface area (Å²) in [4.78, 5) is 11.4. The van der Waals surface area contributed by atoms with Crippen molar-refractivity contribution in [1.82, 2.24) is 0 Å². The van der Waals surface area contributed by atoms with E-state index in [9.17, 15) is 4.79 Å². The summed E-state index contributed by atoms with van der Waals surface area (Å²) in [6.07, 6.45) is 2.91. The molecule has 0 aliphatic rings. The fourth-order valence-corrected chi connectivity index (χ4v) is 0.876. The van der Waals surface area contributed by atoms with Crippen LogP contribution in [0, 0.1) is 0 Å². The Morgan fingerprint density at radius 3 is 2.64 bits per heavy atom. The molecular formula is C8H10O2S. The molecule has 0 atom stereocenters. The van der Waals surface area contributed by atoms with E-state index >= 15 is 0 Å². The predicted molar refractivity (Wildman–Crippen MR) is 46.1 cm³/mol. The molecule has 0 unspecified atom stereocenters. The molecule has 0 aliphatic heterocycles. The van der Waals surface area contributed by atoms with Gasteiger partial charge < -0.3 is 4.42 Å². The van der Waals surface area contributed by atoms with Crippen LogP contribution in [0.15, 0.2) is 23.0 Å². The van der Waals surface area contributed by atoms with Crippen molar-refractivity contribution in [3.05, 3.63) is 24.2 Å². The summed E-state index contributed by atoms with van der Waals surface area (Å²) in [7, 11) is 0. The second kappa shape index (κ2) is 2.74. The summed E-state index contributed by atoms with van der Waals surface area (Å²) in [5.74, 6) is -0.0189. The lowest BCUT2D eigenvalue weighted by Crippen LogP contribution is -2.24. The van der Waals surface area contributed by atoms with Crippen molar-refractivity contribution in [2.24, 2.45) is 0 Å². The van der Waals surface area contributed by atoms with Crippen LogP contribution >= 0.6 is 12.6 Å². The van der Waals surface area contributed by atoms with Gasteiger partial charge in [0.25, 0.3) is 0 Å². The first-order chi connectivity index (χ1) is 5.02. The molecule has 0 bridgehead atoms. The minimum absolute atomic E-state index is 0.0189.